The van der Waals surface area contributed by atoms with E-state index in [9.17, 15) is 4.79 Å². The van der Waals surface area contributed by atoms with Crippen molar-refractivity contribution in [3.8, 4) is 0 Å². The molecule has 0 aliphatic heterocycles. The predicted molar refractivity (Wildman–Crippen MR) is 115 cm³/mol. The third kappa shape index (κ3) is 5.01. The molecule has 0 aliphatic carbocycles. The maximum absolute atomic E-state index is 11.7. The van der Waals surface area contributed by atoms with Gasteiger partial charge >= 0.3 is 6.03 Å². The summed E-state index contributed by atoms with van der Waals surface area (Å²) >= 11 is 0. The minimum absolute atomic E-state index is 0.325. The SMILES string of the molecule is C=NNC(=NC)c1cccc(Nc2cnc3ccc(NC(=O)NCC)nc3n2)c1. The molecule has 3 rings (SSSR count). The van der Waals surface area contributed by atoms with Gasteiger partial charge in [-0.15, -0.1) is 0 Å². The third-order valence-electron chi connectivity index (χ3n) is 3.80. The first-order valence-electron chi connectivity index (χ1n) is 8.87. The Morgan fingerprint density at radius 3 is 2.76 bits per heavy atom. The van der Waals surface area contributed by atoms with E-state index in [0.29, 0.717) is 35.2 Å². The van der Waals surface area contributed by atoms with Crippen LogP contribution in [0.2, 0.25) is 0 Å². The van der Waals surface area contributed by atoms with Crippen molar-refractivity contribution in [2.24, 2.45) is 10.1 Å². The van der Waals surface area contributed by atoms with Gasteiger partial charge in [0.2, 0.25) is 0 Å². The topological polar surface area (TPSA) is 129 Å². The molecular formula is C19H21N9O. The molecule has 0 spiro atoms. The first-order valence-corrected chi connectivity index (χ1v) is 8.87. The zero-order chi connectivity index (χ0) is 20.6. The van der Waals surface area contributed by atoms with Crippen molar-refractivity contribution in [1.82, 2.24) is 25.7 Å². The highest BCUT2D eigenvalue weighted by atomic mass is 16.2. The van der Waals surface area contributed by atoms with Gasteiger partial charge in [-0.1, -0.05) is 12.1 Å². The van der Waals surface area contributed by atoms with E-state index in [4.69, 9.17) is 0 Å². The van der Waals surface area contributed by atoms with Gasteiger partial charge in [0.15, 0.2) is 11.5 Å². The molecule has 0 atom stereocenters. The lowest BCUT2D eigenvalue weighted by molar-refractivity contribution is 0.252. The number of rotatable bonds is 6. The van der Waals surface area contributed by atoms with Crippen molar-refractivity contribution in [2.75, 3.05) is 24.2 Å². The second-order valence-corrected chi connectivity index (χ2v) is 5.83. The zero-order valence-corrected chi connectivity index (χ0v) is 16.1. The van der Waals surface area contributed by atoms with Crippen LogP contribution >= 0.6 is 0 Å². The number of fused-ring (bicyclic) bond motifs is 1. The van der Waals surface area contributed by atoms with E-state index in [1.807, 2.05) is 31.2 Å². The number of benzene rings is 1. The molecule has 0 bridgehead atoms. The summed E-state index contributed by atoms with van der Waals surface area (Å²) in [6, 6.07) is 10.7. The highest BCUT2D eigenvalue weighted by Gasteiger charge is 2.07. The van der Waals surface area contributed by atoms with Crippen LogP contribution in [0.4, 0.5) is 22.1 Å². The van der Waals surface area contributed by atoms with Crippen LogP contribution in [0.15, 0.2) is 52.7 Å². The summed E-state index contributed by atoms with van der Waals surface area (Å²) in [6.07, 6.45) is 1.62. The maximum atomic E-state index is 11.7. The Morgan fingerprint density at radius 2 is 2.00 bits per heavy atom. The van der Waals surface area contributed by atoms with E-state index in [2.05, 4.69) is 53.1 Å². The first kappa shape index (κ1) is 19.7. The number of amidine groups is 1. The average molecular weight is 391 g/mol. The lowest BCUT2D eigenvalue weighted by Crippen LogP contribution is -2.28. The molecular weight excluding hydrogens is 370 g/mol. The van der Waals surface area contributed by atoms with Gasteiger partial charge in [0.05, 0.1) is 6.20 Å². The van der Waals surface area contributed by atoms with Gasteiger partial charge < -0.3 is 10.6 Å². The van der Waals surface area contributed by atoms with Gasteiger partial charge in [-0.2, -0.15) is 5.10 Å². The van der Waals surface area contributed by atoms with E-state index in [1.54, 1.807) is 25.4 Å². The Morgan fingerprint density at radius 1 is 1.17 bits per heavy atom. The molecule has 29 heavy (non-hydrogen) atoms. The third-order valence-corrected chi connectivity index (χ3v) is 3.80. The minimum atomic E-state index is -0.325. The molecule has 0 unspecified atom stereocenters. The minimum Gasteiger partial charge on any atom is -0.339 e. The molecule has 0 radical (unpaired) electrons. The summed E-state index contributed by atoms with van der Waals surface area (Å²) in [6.45, 7) is 5.78. The molecule has 10 heteroatoms. The van der Waals surface area contributed by atoms with Crippen LogP contribution in [-0.4, -0.2) is 47.1 Å². The zero-order valence-electron chi connectivity index (χ0n) is 16.1. The van der Waals surface area contributed by atoms with Crippen molar-refractivity contribution in [2.45, 2.75) is 6.92 Å². The summed E-state index contributed by atoms with van der Waals surface area (Å²) in [5.41, 5.74) is 5.41. The molecule has 148 valence electrons. The molecule has 10 nitrogen and oxygen atoms in total. The van der Waals surface area contributed by atoms with Crippen molar-refractivity contribution in [3.63, 3.8) is 0 Å². The number of nitrogens with one attached hydrogen (secondary N) is 4. The Labute approximate surface area is 167 Å². The van der Waals surface area contributed by atoms with E-state index in [-0.39, 0.29) is 6.03 Å². The number of anilines is 3. The highest BCUT2D eigenvalue weighted by molar-refractivity contribution is 5.99. The Kier molecular flexibility index (Phi) is 6.25. The van der Waals surface area contributed by atoms with Gasteiger partial charge in [-0.25, -0.2) is 19.7 Å². The number of carbonyl (C=O) groups is 1. The van der Waals surface area contributed by atoms with Crippen LogP contribution in [0.1, 0.15) is 12.5 Å². The summed E-state index contributed by atoms with van der Waals surface area (Å²) in [4.78, 5) is 29.0. The molecule has 2 heterocycles. The van der Waals surface area contributed by atoms with Crippen molar-refractivity contribution in [3.05, 3.63) is 48.2 Å². The number of nitrogens with zero attached hydrogens (tertiary/aromatic N) is 5. The molecule has 2 aromatic heterocycles. The highest BCUT2D eigenvalue weighted by Crippen LogP contribution is 2.18. The quantitative estimate of drug-likeness (QED) is 0.290. The Hall–Kier alpha value is -4.08. The molecule has 0 fully saturated rings. The van der Waals surface area contributed by atoms with E-state index < -0.39 is 0 Å². The van der Waals surface area contributed by atoms with Crippen LogP contribution in [0, 0.1) is 0 Å². The second-order valence-electron chi connectivity index (χ2n) is 5.83. The normalized spacial score (nSPS) is 11.0. The van der Waals surface area contributed by atoms with Gasteiger partial charge in [0.1, 0.15) is 17.2 Å². The molecule has 3 aromatic rings. The van der Waals surface area contributed by atoms with Crippen LogP contribution < -0.4 is 21.4 Å². The number of urea groups is 1. The van der Waals surface area contributed by atoms with Gasteiger partial charge in [-0.05, 0) is 31.2 Å². The number of hydrogen-bond acceptors (Lipinski definition) is 7. The smallest absolute Gasteiger partial charge is 0.320 e. The van der Waals surface area contributed by atoms with Gasteiger partial charge in [0.25, 0.3) is 0 Å². The van der Waals surface area contributed by atoms with Crippen LogP contribution in [0.3, 0.4) is 0 Å². The lowest BCUT2D eigenvalue weighted by atomic mass is 10.2. The van der Waals surface area contributed by atoms with Crippen LogP contribution in [0.5, 0.6) is 0 Å². The second kappa shape index (κ2) is 9.22. The van der Waals surface area contributed by atoms with Crippen LogP contribution in [0.25, 0.3) is 11.2 Å². The molecule has 0 saturated heterocycles. The molecule has 0 saturated carbocycles. The lowest BCUT2D eigenvalue weighted by Gasteiger charge is -2.10. The summed E-state index contributed by atoms with van der Waals surface area (Å²) < 4.78 is 0. The molecule has 0 aliphatic rings. The fraction of sp³-hybridized carbons (Fsp3) is 0.158. The predicted octanol–water partition coefficient (Wildman–Crippen LogP) is 2.49. The largest absolute Gasteiger partial charge is 0.339 e. The van der Waals surface area contributed by atoms with Crippen molar-refractivity contribution in [1.29, 1.82) is 0 Å². The summed E-state index contributed by atoms with van der Waals surface area (Å²) in [7, 11) is 1.67. The number of aromatic nitrogens is 3. The number of amides is 2. The number of hydrogen-bond donors (Lipinski definition) is 4. The molecule has 2 amide bonds. The maximum Gasteiger partial charge on any atom is 0.320 e. The van der Waals surface area contributed by atoms with E-state index in [0.717, 1.165) is 11.3 Å². The van der Waals surface area contributed by atoms with Gasteiger partial charge in [0, 0.05) is 31.6 Å². The standard InChI is InChI=1S/C19H21N9O/c1-4-22-19(29)27-15-9-8-14-18(25-15)26-16(11-23-14)24-13-7-5-6-12(10-13)17(20-2)28-21-3/h5-11H,3-4H2,1-2H3,(H,20,28)(H3,22,24,25,26,27,29). The fourth-order valence-electron chi connectivity index (χ4n) is 2.56. The van der Waals surface area contributed by atoms with Crippen LogP contribution in [-0.2, 0) is 0 Å². The summed E-state index contributed by atoms with van der Waals surface area (Å²) in [5, 5.41) is 12.2. The molecule has 1 aromatic carbocycles. The first-order chi connectivity index (χ1) is 14.1. The average Bonchev–Trinajstić information content (AvgIpc) is 2.72. The fourth-order valence-corrected chi connectivity index (χ4v) is 2.56. The Balaban J connectivity index is 1.83. The number of carbonyl (C=O) groups excluding carboxylic acids is 1. The van der Waals surface area contributed by atoms with Crippen molar-refractivity contribution < 1.29 is 4.79 Å². The van der Waals surface area contributed by atoms with E-state index >= 15 is 0 Å². The summed E-state index contributed by atoms with van der Waals surface area (Å²) in [5.74, 6) is 1.50. The van der Waals surface area contributed by atoms with Gasteiger partial charge in [-0.3, -0.25) is 15.7 Å². The van der Waals surface area contributed by atoms with E-state index in [1.165, 1.54) is 0 Å². The monoisotopic (exact) mass is 391 g/mol. The Bertz CT molecular complexity index is 1060. The number of aliphatic imine (C=N–C) groups is 1. The number of hydrazone groups is 1. The molecule has 4 N–H and O–H groups in total. The number of pyridine rings is 1. The van der Waals surface area contributed by atoms with Crippen molar-refractivity contribution >= 4 is 47.1 Å².